The third kappa shape index (κ3) is 5.80. The lowest BCUT2D eigenvalue weighted by atomic mass is 9.94. The van der Waals surface area contributed by atoms with Crippen LogP contribution in [-0.4, -0.2) is 66.4 Å². The summed E-state index contributed by atoms with van der Waals surface area (Å²) in [6.45, 7) is 7.66. The summed E-state index contributed by atoms with van der Waals surface area (Å²) in [7, 11) is 0. The molecular formula is C26H33N3O. The van der Waals surface area contributed by atoms with Gasteiger partial charge in [-0.2, -0.15) is 0 Å². The van der Waals surface area contributed by atoms with Crippen LogP contribution in [0.3, 0.4) is 0 Å². The Morgan fingerprint density at radius 3 is 2.10 bits per heavy atom. The Balaban J connectivity index is 1.17. The Morgan fingerprint density at radius 2 is 1.43 bits per heavy atom. The van der Waals surface area contributed by atoms with Gasteiger partial charge in [0, 0.05) is 45.2 Å². The summed E-state index contributed by atoms with van der Waals surface area (Å²) < 4.78 is 0. The van der Waals surface area contributed by atoms with Crippen molar-refractivity contribution in [3.05, 3.63) is 77.9 Å². The summed E-state index contributed by atoms with van der Waals surface area (Å²) in [6.07, 6.45) is 6.40. The van der Waals surface area contributed by atoms with Gasteiger partial charge in [0.15, 0.2) is 0 Å². The van der Waals surface area contributed by atoms with E-state index in [1.54, 1.807) is 0 Å². The normalized spacial score (nSPS) is 19.4. The molecule has 30 heavy (non-hydrogen) atoms. The highest BCUT2D eigenvalue weighted by molar-refractivity contribution is 5.79. The van der Waals surface area contributed by atoms with Crippen LogP contribution < -0.4 is 0 Å². The largest absolute Gasteiger partial charge is 0.340 e. The second-order valence-electron chi connectivity index (χ2n) is 8.47. The van der Waals surface area contributed by atoms with Gasteiger partial charge < -0.3 is 4.90 Å². The quantitative estimate of drug-likeness (QED) is 0.735. The van der Waals surface area contributed by atoms with Gasteiger partial charge in [0.2, 0.25) is 5.91 Å². The SMILES string of the molecule is O=C(C1CCN(Cc2ccccc2)CC1)N1CCN(C/C=C/c2ccccc2)CC1. The van der Waals surface area contributed by atoms with E-state index in [4.69, 9.17) is 0 Å². The van der Waals surface area contributed by atoms with Crippen molar-refractivity contribution < 1.29 is 4.79 Å². The number of benzene rings is 2. The summed E-state index contributed by atoms with van der Waals surface area (Å²) in [5.74, 6) is 0.593. The second-order valence-corrected chi connectivity index (χ2v) is 8.47. The molecule has 1 amide bonds. The standard InChI is InChI=1S/C26H33N3O/c30-26(25-13-16-28(17-14-25)22-24-10-5-2-6-11-24)29-20-18-27(19-21-29)15-7-12-23-8-3-1-4-9-23/h1-12,25H,13-22H2/b12-7+. The fraction of sp³-hybridized carbons (Fsp3) is 0.423. The highest BCUT2D eigenvalue weighted by atomic mass is 16.2. The molecule has 2 aromatic rings. The van der Waals surface area contributed by atoms with Gasteiger partial charge in [0.05, 0.1) is 0 Å². The smallest absolute Gasteiger partial charge is 0.225 e. The first-order chi connectivity index (χ1) is 14.8. The van der Waals surface area contributed by atoms with Crippen LogP contribution in [0.15, 0.2) is 66.7 Å². The Bertz CT molecular complexity index is 805. The van der Waals surface area contributed by atoms with Gasteiger partial charge in [0.25, 0.3) is 0 Å². The number of hydrogen-bond donors (Lipinski definition) is 0. The topological polar surface area (TPSA) is 26.8 Å². The molecule has 0 atom stereocenters. The fourth-order valence-electron chi connectivity index (χ4n) is 4.49. The monoisotopic (exact) mass is 403 g/mol. The van der Waals surface area contributed by atoms with Gasteiger partial charge in [-0.15, -0.1) is 0 Å². The predicted octanol–water partition coefficient (Wildman–Crippen LogP) is 3.76. The van der Waals surface area contributed by atoms with Gasteiger partial charge in [-0.25, -0.2) is 0 Å². The third-order valence-corrected chi connectivity index (χ3v) is 6.34. The number of likely N-dealkylation sites (tertiary alicyclic amines) is 1. The molecule has 158 valence electrons. The van der Waals surface area contributed by atoms with Crippen molar-refractivity contribution in [1.29, 1.82) is 0 Å². The van der Waals surface area contributed by atoms with Crippen molar-refractivity contribution in [3.63, 3.8) is 0 Å². The van der Waals surface area contributed by atoms with E-state index >= 15 is 0 Å². The Morgan fingerprint density at radius 1 is 0.800 bits per heavy atom. The summed E-state index contributed by atoms with van der Waals surface area (Å²) in [5, 5.41) is 0. The number of amides is 1. The molecule has 0 saturated carbocycles. The maximum atomic E-state index is 13.0. The predicted molar refractivity (Wildman–Crippen MR) is 123 cm³/mol. The van der Waals surface area contributed by atoms with E-state index in [0.717, 1.165) is 65.2 Å². The maximum absolute atomic E-state index is 13.0. The number of hydrogen-bond acceptors (Lipinski definition) is 3. The van der Waals surface area contributed by atoms with Crippen LogP contribution in [0.1, 0.15) is 24.0 Å². The molecular weight excluding hydrogens is 370 g/mol. The van der Waals surface area contributed by atoms with Gasteiger partial charge >= 0.3 is 0 Å². The number of piperidine rings is 1. The number of carbonyl (C=O) groups is 1. The van der Waals surface area contributed by atoms with Gasteiger partial charge in [-0.3, -0.25) is 14.6 Å². The van der Waals surface area contributed by atoms with Crippen LogP contribution in [-0.2, 0) is 11.3 Å². The first kappa shape index (κ1) is 20.8. The van der Waals surface area contributed by atoms with Gasteiger partial charge in [0.1, 0.15) is 0 Å². The summed E-state index contributed by atoms with van der Waals surface area (Å²) in [4.78, 5) is 20.0. The van der Waals surface area contributed by atoms with E-state index in [1.807, 2.05) is 6.07 Å². The van der Waals surface area contributed by atoms with Crippen LogP contribution in [0.25, 0.3) is 6.08 Å². The van der Waals surface area contributed by atoms with Crippen LogP contribution in [0, 0.1) is 5.92 Å². The van der Waals surface area contributed by atoms with E-state index in [1.165, 1.54) is 11.1 Å². The average Bonchev–Trinajstić information content (AvgIpc) is 2.81. The molecule has 2 aliphatic heterocycles. The summed E-state index contributed by atoms with van der Waals surface area (Å²) >= 11 is 0. The molecule has 2 aromatic carbocycles. The highest BCUT2D eigenvalue weighted by Gasteiger charge is 2.30. The molecule has 0 N–H and O–H groups in total. The molecule has 4 heteroatoms. The maximum Gasteiger partial charge on any atom is 0.225 e. The molecule has 2 fully saturated rings. The lowest BCUT2D eigenvalue weighted by Gasteiger charge is -2.38. The molecule has 0 spiro atoms. The van der Waals surface area contributed by atoms with E-state index in [9.17, 15) is 4.79 Å². The minimum atomic E-state index is 0.210. The summed E-state index contributed by atoms with van der Waals surface area (Å²) in [6, 6.07) is 21.1. The molecule has 4 nitrogen and oxygen atoms in total. The van der Waals surface area contributed by atoms with E-state index in [2.05, 4.69) is 81.4 Å². The van der Waals surface area contributed by atoms with Crippen LogP contribution in [0.5, 0.6) is 0 Å². The minimum absolute atomic E-state index is 0.210. The fourth-order valence-corrected chi connectivity index (χ4v) is 4.49. The first-order valence-electron chi connectivity index (χ1n) is 11.3. The van der Waals surface area contributed by atoms with Crippen molar-refractivity contribution in [2.45, 2.75) is 19.4 Å². The first-order valence-corrected chi connectivity index (χ1v) is 11.3. The van der Waals surface area contributed by atoms with E-state index in [-0.39, 0.29) is 5.92 Å². The molecule has 0 bridgehead atoms. The number of nitrogens with zero attached hydrogens (tertiary/aromatic N) is 3. The second kappa shape index (κ2) is 10.6. The zero-order chi connectivity index (χ0) is 20.6. The number of rotatable bonds is 6. The number of piperazine rings is 1. The molecule has 0 radical (unpaired) electrons. The number of carbonyl (C=O) groups excluding carboxylic acids is 1. The van der Waals surface area contributed by atoms with Gasteiger partial charge in [-0.1, -0.05) is 72.8 Å². The highest BCUT2D eigenvalue weighted by Crippen LogP contribution is 2.22. The van der Waals surface area contributed by atoms with Crippen molar-refractivity contribution in [1.82, 2.24) is 14.7 Å². The Kier molecular flexibility index (Phi) is 7.33. The van der Waals surface area contributed by atoms with Crippen molar-refractivity contribution in [3.8, 4) is 0 Å². The van der Waals surface area contributed by atoms with Gasteiger partial charge in [-0.05, 0) is 37.1 Å². The Labute approximate surface area is 180 Å². The molecule has 0 aliphatic carbocycles. The van der Waals surface area contributed by atoms with Crippen molar-refractivity contribution >= 4 is 12.0 Å². The zero-order valence-corrected chi connectivity index (χ0v) is 17.8. The molecule has 2 aliphatic rings. The molecule has 2 heterocycles. The summed E-state index contributed by atoms with van der Waals surface area (Å²) in [5.41, 5.74) is 2.60. The zero-order valence-electron chi connectivity index (χ0n) is 17.8. The van der Waals surface area contributed by atoms with E-state index in [0.29, 0.717) is 5.91 Å². The minimum Gasteiger partial charge on any atom is -0.340 e. The van der Waals surface area contributed by atoms with Crippen LogP contribution in [0.4, 0.5) is 0 Å². The lowest BCUT2D eigenvalue weighted by Crippen LogP contribution is -2.51. The molecule has 4 rings (SSSR count). The van der Waals surface area contributed by atoms with E-state index < -0.39 is 0 Å². The Hall–Kier alpha value is -2.43. The molecule has 0 unspecified atom stereocenters. The molecule has 0 aromatic heterocycles. The molecule has 2 saturated heterocycles. The van der Waals surface area contributed by atoms with Crippen molar-refractivity contribution in [2.24, 2.45) is 5.92 Å². The van der Waals surface area contributed by atoms with Crippen LogP contribution in [0.2, 0.25) is 0 Å². The van der Waals surface area contributed by atoms with Crippen LogP contribution >= 0.6 is 0 Å². The lowest BCUT2D eigenvalue weighted by molar-refractivity contribution is -0.138. The average molecular weight is 404 g/mol. The van der Waals surface area contributed by atoms with Crippen molar-refractivity contribution in [2.75, 3.05) is 45.8 Å². The third-order valence-electron chi connectivity index (χ3n) is 6.34.